The maximum absolute atomic E-state index is 11.9. The predicted octanol–water partition coefficient (Wildman–Crippen LogP) is 2.35. The quantitative estimate of drug-likeness (QED) is 0.487. The number of nitrogens with zero attached hydrogens (tertiary/aromatic N) is 3. The number of aromatic nitrogens is 3. The van der Waals surface area contributed by atoms with Crippen LogP contribution in [0.25, 0.3) is 11.4 Å². The first-order valence-corrected chi connectivity index (χ1v) is 9.41. The number of carbonyl (C=O) groups excluding carboxylic acids is 2. The van der Waals surface area contributed by atoms with Crippen LogP contribution in [-0.4, -0.2) is 52.7 Å². The molecule has 1 aromatic heterocycles. The van der Waals surface area contributed by atoms with Gasteiger partial charge in [-0.1, -0.05) is 29.4 Å². The van der Waals surface area contributed by atoms with Crippen LogP contribution in [0.3, 0.4) is 0 Å². The Morgan fingerprint density at radius 2 is 2.07 bits per heavy atom. The number of carbonyl (C=O) groups is 2. The highest BCUT2D eigenvalue weighted by Gasteiger charge is 2.16. The predicted molar refractivity (Wildman–Crippen MR) is 105 cm³/mol. The Labute approximate surface area is 166 Å². The van der Waals surface area contributed by atoms with Crippen LogP contribution in [0.4, 0.5) is 4.79 Å². The molecule has 2 rings (SSSR count). The summed E-state index contributed by atoms with van der Waals surface area (Å²) in [7, 11) is 1.61. The highest BCUT2D eigenvalue weighted by Crippen LogP contribution is 2.25. The number of rotatable bonds is 9. The van der Waals surface area contributed by atoms with Crippen LogP contribution in [0.15, 0.2) is 42.1 Å². The smallest absolute Gasteiger partial charge is 0.321 e. The summed E-state index contributed by atoms with van der Waals surface area (Å²) in [5.74, 6) is 0.235. The largest absolute Gasteiger partial charge is 0.383 e. The minimum atomic E-state index is -0.566. The lowest BCUT2D eigenvalue weighted by Crippen LogP contribution is -2.40. The first kappa shape index (κ1) is 20.9. The van der Waals surface area contributed by atoms with Gasteiger partial charge < -0.3 is 10.1 Å². The van der Waals surface area contributed by atoms with E-state index in [2.05, 4.69) is 27.4 Å². The molecule has 8 nitrogen and oxygen atoms in total. The molecule has 1 aromatic carbocycles. The molecule has 2 N–H and O–H groups in total. The molecule has 0 bridgehead atoms. The Bertz CT molecular complexity index is 794. The third-order valence-corrected chi connectivity index (χ3v) is 4.55. The molecule has 3 amide bonds. The van der Waals surface area contributed by atoms with E-state index in [1.54, 1.807) is 19.2 Å². The number of benzene rings is 1. The number of hydrogen-bond donors (Lipinski definition) is 2. The van der Waals surface area contributed by atoms with Gasteiger partial charge in [0.25, 0.3) is 0 Å². The number of imide groups is 1. The number of halogens is 1. The molecule has 10 heteroatoms. The summed E-state index contributed by atoms with van der Waals surface area (Å²) >= 11 is 7.12. The van der Waals surface area contributed by atoms with Crippen molar-refractivity contribution in [1.29, 1.82) is 0 Å². The maximum atomic E-state index is 11.9. The Balaban J connectivity index is 2.07. The van der Waals surface area contributed by atoms with Crippen LogP contribution in [0, 0.1) is 0 Å². The van der Waals surface area contributed by atoms with E-state index in [1.165, 1.54) is 17.8 Å². The van der Waals surface area contributed by atoms with Gasteiger partial charge in [0.1, 0.15) is 0 Å². The SMILES string of the molecule is C=CCNC(=O)NC(=O)CSc1nnc(-c2ccc(Cl)cc2)n1CCOC. The van der Waals surface area contributed by atoms with Gasteiger partial charge in [-0.15, -0.1) is 16.8 Å². The van der Waals surface area contributed by atoms with Gasteiger partial charge in [0.15, 0.2) is 11.0 Å². The fraction of sp³-hybridized carbons (Fsp3) is 0.294. The molecule has 1 heterocycles. The maximum Gasteiger partial charge on any atom is 0.321 e. The lowest BCUT2D eigenvalue weighted by Gasteiger charge is -2.10. The molecular formula is C17H20ClN5O3S. The van der Waals surface area contributed by atoms with Gasteiger partial charge in [0, 0.05) is 24.2 Å². The van der Waals surface area contributed by atoms with Crippen LogP contribution in [0.5, 0.6) is 0 Å². The van der Waals surface area contributed by atoms with Crippen LogP contribution < -0.4 is 10.6 Å². The zero-order valence-corrected chi connectivity index (χ0v) is 16.3. The van der Waals surface area contributed by atoms with Gasteiger partial charge in [-0.3, -0.25) is 14.7 Å². The second-order valence-corrected chi connectivity index (χ2v) is 6.67. The van der Waals surface area contributed by atoms with E-state index < -0.39 is 11.9 Å². The van der Waals surface area contributed by atoms with E-state index in [1.807, 2.05) is 16.7 Å². The molecule has 0 radical (unpaired) electrons. The topological polar surface area (TPSA) is 98.1 Å². The van der Waals surface area contributed by atoms with E-state index in [0.29, 0.717) is 29.2 Å². The summed E-state index contributed by atoms with van der Waals surface area (Å²) < 4.78 is 7.01. The first-order valence-electron chi connectivity index (χ1n) is 8.04. The lowest BCUT2D eigenvalue weighted by molar-refractivity contribution is -0.117. The van der Waals surface area contributed by atoms with Crippen LogP contribution >= 0.6 is 23.4 Å². The fourth-order valence-corrected chi connectivity index (χ4v) is 2.98. The summed E-state index contributed by atoms with van der Waals surface area (Å²) in [5.41, 5.74) is 0.850. The minimum Gasteiger partial charge on any atom is -0.383 e. The number of ether oxygens (including phenoxy) is 1. The number of thioether (sulfide) groups is 1. The fourth-order valence-electron chi connectivity index (χ4n) is 2.09. The molecule has 27 heavy (non-hydrogen) atoms. The van der Waals surface area contributed by atoms with Crippen molar-refractivity contribution in [2.45, 2.75) is 11.7 Å². The molecule has 2 aromatic rings. The third kappa shape index (κ3) is 6.38. The number of hydrogen-bond acceptors (Lipinski definition) is 6. The highest BCUT2D eigenvalue weighted by atomic mass is 35.5. The monoisotopic (exact) mass is 409 g/mol. The van der Waals surface area contributed by atoms with Crippen molar-refractivity contribution in [3.8, 4) is 11.4 Å². The van der Waals surface area contributed by atoms with E-state index in [4.69, 9.17) is 16.3 Å². The average Bonchev–Trinajstić information content (AvgIpc) is 3.06. The molecule has 144 valence electrons. The van der Waals surface area contributed by atoms with Gasteiger partial charge in [0.2, 0.25) is 5.91 Å². The number of nitrogens with one attached hydrogen (secondary N) is 2. The molecule has 0 atom stereocenters. The van der Waals surface area contributed by atoms with Crippen molar-refractivity contribution in [2.75, 3.05) is 26.0 Å². The van der Waals surface area contributed by atoms with Crippen molar-refractivity contribution in [3.05, 3.63) is 41.9 Å². The van der Waals surface area contributed by atoms with Crippen molar-refractivity contribution in [1.82, 2.24) is 25.4 Å². The summed E-state index contributed by atoms with van der Waals surface area (Å²) in [6.45, 7) is 4.75. The first-order chi connectivity index (χ1) is 13.0. The molecule has 0 spiro atoms. The number of amides is 3. The molecule has 0 aliphatic heterocycles. The summed E-state index contributed by atoms with van der Waals surface area (Å²) in [6.07, 6.45) is 1.52. The second kappa shape index (κ2) is 10.7. The summed E-state index contributed by atoms with van der Waals surface area (Å²) in [6, 6.07) is 6.67. The van der Waals surface area contributed by atoms with Crippen LogP contribution in [0.2, 0.25) is 5.02 Å². The standard InChI is InChI=1S/C17H20ClN5O3S/c1-3-8-19-16(25)20-14(24)11-27-17-22-21-15(23(17)9-10-26-2)12-4-6-13(18)7-5-12/h3-7H,1,8-11H2,2H3,(H2,19,20,24,25). The molecule has 0 saturated carbocycles. The van der Waals surface area contributed by atoms with Crippen molar-refractivity contribution < 1.29 is 14.3 Å². The van der Waals surface area contributed by atoms with E-state index >= 15 is 0 Å². The molecule has 0 aliphatic carbocycles. The normalized spacial score (nSPS) is 10.4. The highest BCUT2D eigenvalue weighted by molar-refractivity contribution is 7.99. The molecule has 0 saturated heterocycles. The zero-order chi connectivity index (χ0) is 19.6. The Morgan fingerprint density at radius 1 is 1.33 bits per heavy atom. The Hall–Kier alpha value is -2.36. The van der Waals surface area contributed by atoms with E-state index in [0.717, 1.165) is 5.56 Å². The summed E-state index contributed by atoms with van der Waals surface area (Å²) in [4.78, 5) is 23.4. The number of urea groups is 1. The van der Waals surface area contributed by atoms with Gasteiger partial charge >= 0.3 is 6.03 Å². The van der Waals surface area contributed by atoms with E-state index in [-0.39, 0.29) is 12.3 Å². The van der Waals surface area contributed by atoms with Gasteiger partial charge in [-0.2, -0.15) is 0 Å². The van der Waals surface area contributed by atoms with Gasteiger partial charge in [-0.05, 0) is 24.3 Å². The number of methoxy groups -OCH3 is 1. The zero-order valence-electron chi connectivity index (χ0n) is 14.8. The van der Waals surface area contributed by atoms with Gasteiger partial charge in [0.05, 0.1) is 18.9 Å². The molecule has 0 unspecified atom stereocenters. The Kier molecular flexibility index (Phi) is 8.31. The second-order valence-electron chi connectivity index (χ2n) is 5.29. The van der Waals surface area contributed by atoms with Gasteiger partial charge in [-0.25, -0.2) is 4.79 Å². The molecule has 0 fully saturated rings. The molecular weight excluding hydrogens is 390 g/mol. The van der Waals surface area contributed by atoms with Crippen molar-refractivity contribution in [3.63, 3.8) is 0 Å². The van der Waals surface area contributed by atoms with Crippen molar-refractivity contribution >= 4 is 35.3 Å². The Morgan fingerprint density at radius 3 is 2.74 bits per heavy atom. The van der Waals surface area contributed by atoms with Crippen LogP contribution in [-0.2, 0) is 16.1 Å². The molecule has 0 aliphatic rings. The van der Waals surface area contributed by atoms with Crippen LogP contribution in [0.1, 0.15) is 0 Å². The van der Waals surface area contributed by atoms with Crippen molar-refractivity contribution in [2.24, 2.45) is 0 Å². The summed E-state index contributed by atoms with van der Waals surface area (Å²) in [5, 5.41) is 14.3. The van der Waals surface area contributed by atoms with E-state index in [9.17, 15) is 9.59 Å². The minimum absolute atomic E-state index is 0.0211. The average molecular weight is 410 g/mol. The lowest BCUT2D eigenvalue weighted by atomic mass is 10.2. The third-order valence-electron chi connectivity index (χ3n) is 3.33.